The number of aliphatic hydroxyl groups is 2. The molecule has 0 aromatic carbocycles. The maximum absolute atomic E-state index is 14.7. The van der Waals surface area contributed by atoms with Gasteiger partial charge >= 0.3 is 0 Å². The second kappa shape index (κ2) is 25.7. The molecule has 2 bridgehead atoms. The summed E-state index contributed by atoms with van der Waals surface area (Å²) < 4.78 is 17.7. The minimum atomic E-state index is -2.45. The number of piperidine rings is 1. The molecule has 0 radical (unpaired) electrons. The molecule has 1 aromatic rings. The largest absolute Gasteiger partial charge is 0.386 e. The summed E-state index contributed by atoms with van der Waals surface area (Å²) >= 11 is 0. The summed E-state index contributed by atoms with van der Waals surface area (Å²) in [5, 5.41) is 35.7. The van der Waals surface area contributed by atoms with Crippen LogP contribution in [0.4, 0.5) is 0 Å². The maximum atomic E-state index is 14.7. The van der Waals surface area contributed by atoms with E-state index >= 15 is 0 Å². The van der Waals surface area contributed by atoms with Crippen LogP contribution in [0.15, 0.2) is 53.9 Å². The monoisotopic (exact) mass is 962 g/mol. The zero-order chi connectivity index (χ0) is 50.6. The molecule has 15 atom stereocenters. The van der Waals surface area contributed by atoms with Crippen molar-refractivity contribution in [3.05, 3.63) is 53.9 Å². The lowest BCUT2D eigenvalue weighted by atomic mass is 9.73. The second-order valence-corrected chi connectivity index (χ2v) is 20.8. The van der Waals surface area contributed by atoms with Gasteiger partial charge in [-0.1, -0.05) is 76.6 Å². The predicted molar refractivity (Wildman–Crippen MR) is 258 cm³/mol. The Morgan fingerprint density at radius 3 is 2.32 bits per heavy atom. The Bertz CT molecular complexity index is 2050. The standard InChI is InChI=1S/C53H79N5O11/c1-32-15-11-10-12-16-33(2)41(30-59)27-42-20-18-38(7)53(66,69-42)51(64)52(65)57-22-14-13-17-43(57)46(61)29-40(34(3)25-39-19-21-44(47(26-39)67-8)58-55-31-54-56-58)28-45(60)35(4)24-37(6)49(63)50(68-9)48(62)36(5)23-32/h10-12,15-16,24,30-32,34-36,38-44,47,49-50,63,66H,13-14,17-23,25-29H2,1-9H3/b12-10+,15-11+,33-16+,37-24+/t32-,34-,35-,36-,38-,39+,40-,41-,42+,43+,44+,47-,49-,50+,53-/m1/s1. The first kappa shape index (κ1) is 55.6. The smallest absolute Gasteiger partial charge is 0.296 e. The highest BCUT2D eigenvalue weighted by Gasteiger charge is 2.53. The van der Waals surface area contributed by atoms with Gasteiger partial charge < -0.3 is 34.1 Å². The van der Waals surface area contributed by atoms with Crippen LogP contribution in [0.25, 0.3) is 0 Å². The minimum absolute atomic E-state index is 0.00288. The van der Waals surface area contributed by atoms with E-state index in [-0.39, 0.29) is 73.1 Å². The number of ketones is 4. The zero-order valence-electron chi connectivity index (χ0n) is 42.4. The predicted octanol–water partition coefficient (Wildman–Crippen LogP) is 6.51. The summed E-state index contributed by atoms with van der Waals surface area (Å²) in [6, 6.07) is -1.03. The van der Waals surface area contributed by atoms with Crippen LogP contribution < -0.4 is 0 Å². The van der Waals surface area contributed by atoms with Crippen molar-refractivity contribution in [3.63, 3.8) is 0 Å². The van der Waals surface area contributed by atoms with Crippen LogP contribution >= 0.6 is 0 Å². The van der Waals surface area contributed by atoms with Gasteiger partial charge in [-0.3, -0.25) is 24.0 Å². The number of rotatable bonds is 7. The second-order valence-electron chi connectivity index (χ2n) is 20.8. The lowest BCUT2D eigenvalue weighted by molar-refractivity contribution is -0.264. The van der Waals surface area contributed by atoms with Gasteiger partial charge in [0.25, 0.3) is 11.7 Å². The van der Waals surface area contributed by atoms with Crippen molar-refractivity contribution in [1.82, 2.24) is 25.1 Å². The van der Waals surface area contributed by atoms with Crippen LogP contribution in [-0.2, 0) is 43.0 Å². The third-order valence-corrected chi connectivity index (χ3v) is 15.7. The van der Waals surface area contributed by atoms with Gasteiger partial charge in [0.15, 0.2) is 17.9 Å². The molecular formula is C53H79N5O11. The van der Waals surface area contributed by atoms with Crippen LogP contribution in [0.2, 0.25) is 0 Å². The number of aromatic nitrogens is 4. The van der Waals surface area contributed by atoms with Crippen molar-refractivity contribution in [2.45, 2.75) is 174 Å². The number of methoxy groups -OCH3 is 2. The zero-order valence-corrected chi connectivity index (χ0v) is 42.4. The number of hydrogen-bond donors (Lipinski definition) is 2. The first-order valence-corrected chi connectivity index (χ1v) is 25.3. The molecule has 1 aromatic heterocycles. The SMILES string of the molecule is CO[C@@H]1C[C@H](C[C@@H](C)[C@@H]2CC(=O)[C@H](C)/C=C(\C)[C@@H](O)[C@@H](OC)C(=O)[C@H](C)C[C@H](C)/C=C/C=C/C=C(\C)[C@@H](C=O)C[C@@H]3CC[C@@H](C)[C@@](O)(O3)C(=O)C(=O)N3CCCC[C@H]3C(=O)C2)CC[C@@H]1n1ncnn1. The highest BCUT2D eigenvalue weighted by Crippen LogP contribution is 2.40. The number of hydrogen-bond acceptors (Lipinski definition) is 14. The number of aldehydes is 1. The fraction of sp³-hybridized carbons (Fsp3) is 0.717. The average Bonchev–Trinajstić information content (AvgIpc) is 3.88. The molecule has 2 saturated heterocycles. The first-order chi connectivity index (χ1) is 32.8. The third kappa shape index (κ3) is 14.2. The van der Waals surface area contributed by atoms with Gasteiger partial charge in [-0.25, -0.2) is 0 Å². The highest BCUT2D eigenvalue weighted by molar-refractivity contribution is 6.39. The number of fused-ring (bicyclic) bond motifs is 3. The quantitative estimate of drug-likeness (QED) is 0.169. The molecule has 3 aliphatic heterocycles. The summed E-state index contributed by atoms with van der Waals surface area (Å²) in [5.74, 6) is -8.04. The Hall–Kier alpha value is -4.35. The van der Waals surface area contributed by atoms with Crippen LogP contribution in [0.1, 0.15) is 138 Å². The number of carbonyl (C=O) groups excluding carboxylic acids is 6. The molecule has 1 saturated carbocycles. The number of carbonyl (C=O) groups is 6. The number of amides is 1. The summed E-state index contributed by atoms with van der Waals surface area (Å²) in [7, 11) is 3.05. The van der Waals surface area contributed by atoms with Crippen LogP contribution in [0.5, 0.6) is 0 Å². The van der Waals surface area contributed by atoms with Crippen LogP contribution in [-0.4, -0.2) is 128 Å². The van der Waals surface area contributed by atoms with Gasteiger partial charge in [-0.2, -0.15) is 4.80 Å². The van der Waals surface area contributed by atoms with E-state index in [9.17, 15) is 39.0 Å². The van der Waals surface area contributed by atoms with Crippen molar-refractivity contribution >= 4 is 35.3 Å². The van der Waals surface area contributed by atoms with E-state index in [0.29, 0.717) is 56.9 Å². The summed E-state index contributed by atoms with van der Waals surface area (Å²) in [5.41, 5.74) is 1.17. The summed E-state index contributed by atoms with van der Waals surface area (Å²) in [6.45, 7) is 12.9. The van der Waals surface area contributed by atoms with Gasteiger partial charge in [0.1, 0.15) is 24.3 Å². The van der Waals surface area contributed by atoms with Crippen molar-refractivity contribution < 1.29 is 53.2 Å². The molecule has 5 rings (SSSR count). The number of tetrazole rings is 1. The molecule has 1 aliphatic carbocycles. The fourth-order valence-corrected chi connectivity index (χ4v) is 11.1. The lowest BCUT2D eigenvalue weighted by Gasteiger charge is -2.42. The lowest BCUT2D eigenvalue weighted by Crippen LogP contribution is -2.60. The molecule has 2 N–H and O–H groups in total. The molecular weight excluding hydrogens is 883 g/mol. The van der Waals surface area contributed by atoms with E-state index in [1.54, 1.807) is 38.8 Å². The number of nitrogens with zero attached hydrogens (tertiary/aromatic N) is 5. The van der Waals surface area contributed by atoms with E-state index in [0.717, 1.165) is 24.7 Å². The van der Waals surface area contributed by atoms with E-state index in [1.165, 1.54) is 18.3 Å². The molecule has 0 unspecified atom stereocenters. The van der Waals surface area contributed by atoms with Crippen LogP contribution in [0, 0.1) is 47.3 Å². The Balaban J connectivity index is 1.46. The molecule has 3 fully saturated rings. The van der Waals surface area contributed by atoms with Crippen LogP contribution in [0.3, 0.4) is 0 Å². The first-order valence-electron chi connectivity index (χ1n) is 25.3. The highest BCUT2D eigenvalue weighted by atomic mass is 16.6. The minimum Gasteiger partial charge on any atom is -0.386 e. The van der Waals surface area contributed by atoms with Gasteiger partial charge in [0.05, 0.1) is 24.3 Å². The number of ether oxygens (including phenoxy) is 3. The van der Waals surface area contributed by atoms with E-state index in [1.807, 2.05) is 51.2 Å². The maximum Gasteiger partial charge on any atom is 0.296 e. The van der Waals surface area contributed by atoms with Crippen molar-refractivity contribution in [1.29, 1.82) is 0 Å². The van der Waals surface area contributed by atoms with Gasteiger partial charge in [0.2, 0.25) is 5.79 Å². The van der Waals surface area contributed by atoms with Gasteiger partial charge in [-0.05, 0) is 119 Å². The summed E-state index contributed by atoms with van der Waals surface area (Å²) in [4.78, 5) is 86.7. The normalized spacial score (nSPS) is 38.8. The Labute approximate surface area is 408 Å². The number of allylic oxidation sites excluding steroid dienone is 7. The Morgan fingerprint density at radius 1 is 0.899 bits per heavy atom. The molecule has 16 nitrogen and oxygen atoms in total. The molecule has 1 amide bonds. The molecule has 16 heteroatoms. The fourth-order valence-electron chi connectivity index (χ4n) is 11.1. The van der Waals surface area contributed by atoms with E-state index < -0.39 is 71.4 Å². The van der Waals surface area contributed by atoms with Crippen molar-refractivity contribution in [2.24, 2.45) is 47.3 Å². The van der Waals surface area contributed by atoms with Gasteiger partial charge in [-0.15, -0.1) is 10.2 Å². The molecule has 4 heterocycles. The summed E-state index contributed by atoms with van der Waals surface area (Å²) in [6.07, 6.45) is 15.9. The van der Waals surface area contributed by atoms with E-state index in [4.69, 9.17) is 14.2 Å². The topological polar surface area (TPSA) is 217 Å². The van der Waals surface area contributed by atoms with E-state index in [2.05, 4.69) is 22.3 Å². The Morgan fingerprint density at radius 2 is 1.64 bits per heavy atom. The van der Waals surface area contributed by atoms with Crippen molar-refractivity contribution in [3.8, 4) is 0 Å². The van der Waals surface area contributed by atoms with Gasteiger partial charge in [0, 0.05) is 57.3 Å². The van der Waals surface area contributed by atoms with Crippen molar-refractivity contribution in [2.75, 3.05) is 20.8 Å². The average molecular weight is 962 g/mol. The molecule has 0 spiro atoms. The number of Topliss-reactive ketones (excluding diaryl/α,β-unsaturated/α-hetero) is 4. The molecule has 382 valence electrons. The number of aliphatic hydroxyl groups excluding tert-OH is 1. The third-order valence-electron chi connectivity index (χ3n) is 15.7. The Kier molecular flexibility index (Phi) is 20.7. The molecule has 69 heavy (non-hydrogen) atoms. The molecule has 4 aliphatic rings.